The third-order valence-electron chi connectivity index (χ3n) is 2.55. The van der Waals surface area contributed by atoms with Gasteiger partial charge in [0.25, 0.3) is 0 Å². The molecule has 0 aliphatic carbocycles. The lowest BCUT2D eigenvalue weighted by atomic mass is 10.1. The highest BCUT2D eigenvalue weighted by atomic mass is 16.5. The summed E-state index contributed by atoms with van der Waals surface area (Å²) in [7, 11) is 1.57. The molecule has 1 aromatic carbocycles. The van der Waals surface area contributed by atoms with Gasteiger partial charge in [0.05, 0.1) is 7.11 Å². The fraction of sp³-hybridized carbons (Fsp3) is 0.250. The van der Waals surface area contributed by atoms with E-state index in [9.17, 15) is 4.79 Å². The predicted octanol–water partition coefficient (Wildman–Crippen LogP) is 2.70. The van der Waals surface area contributed by atoms with Gasteiger partial charge in [0, 0.05) is 10.9 Å². The van der Waals surface area contributed by atoms with E-state index in [0.29, 0.717) is 23.3 Å². The Hall–Kier alpha value is -1.97. The molecular weight excluding hydrogens is 208 g/mol. The minimum Gasteiger partial charge on any atom is -0.497 e. The second kappa shape index (κ2) is 3.89. The van der Waals surface area contributed by atoms with Gasteiger partial charge in [0.2, 0.25) is 5.76 Å². The average Bonchev–Trinajstić information content (AvgIpc) is 2.66. The minimum atomic E-state index is -1.04. The van der Waals surface area contributed by atoms with Crippen molar-refractivity contribution in [3.05, 3.63) is 29.5 Å². The van der Waals surface area contributed by atoms with Crippen molar-refractivity contribution < 1.29 is 19.1 Å². The molecule has 0 aliphatic rings. The Kier molecular flexibility index (Phi) is 2.56. The molecule has 0 atom stereocenters. The molecule has 0 bridgehead atoms. The van der Waals surface area contributed by atoms with E-state index >= 15 is 0 Å². The summed E-state index contributed by atoms with van der Waals surface area (Å²) >= 11 is 0. The molecule has 2 aromatic rings. The fourth-order valence-corrected chi connectivity index (χ4v) is 1.78. The molecule has 0 saturated carbocycles. The molecule has 4 nitrogen and oxygen atoms in total. The monoisotopic (exact) mass is 220 g/mol. The van der Waals surface area contributed by atoms with Gasteiger partial charge < -0.3 is 14.3 Å². The van der Waals surface area contributed by atoms with Crippen LogP contribution in [0.4, 0.5) is 0 Å². The highest BCUT2D eigenvalue weighted by Gasteiger charge is 2.18. The van der Waals surface area contributed by atoms with Crippen molar-refractivity contribution >= 4 is 16.9 Å². The Morgan fingerprint density at radius 1 is 1.50 bits per heavy atom. The molecule has 84 valence electrons. The molecule has 1 N–H and O–H groups in total. The van der Waals surface area contributed by atoms with Crippen molar-refractivity contribution in [2.24, 2.45) is 0 Å². The van der Waals surface area contributed by atoms with Crippen LogP contribution in [0.25, 0.3) is 11.0 Å². The number of aromatic carboxylic acids is 1. The number of hydrogen-bond acceptors (Lipinski definition) is 3. The highest BCUT2D eigenvalue weighted by molar-refractivity contribution is 5.95. The van der Waals surface area contributed by atoms with Gasteiger partial charge in [-0.1, -0.05) is 6.92 Å². The first kappa shape index (κ1) is 10.5. The van der Waals surface area contributed by atoms with Crippen LogP contribution >= 0.6 is 0 Å². The summed E-state index contributed by atoms with van der Waals surface area (Å²) in [6, 6.07) is 5.26. The number of rotatable bonds is 3. The first-order valence-corrected chi connectivity index (χ1v) is 5.00. The van der Waals surface area contributed by atoms with Crippen LogP contribution in [0.2, 0.25) is 0 Å². The van der Waals surface area contributed by atoms with Crippen LogP contribution in [0.1, 0.15) is 23.0 Å². The normalized spacial score (nSPS) is 10.6. The van der Waals surface area contributed by atoms with E-state index in [4.69, 9.17) is 14.3 Å². The van der Waals surface area contributed by atoms with E-state index in [1.54, 1.807) is 25.3 Å². The van der Waals surface area contributed by atoms with Crippen LogP contribution in [0.3, 0.4) is 0 Å². The Balaban J connectivity index is 2.73. The van der Waals surface area contributed by atoms with Gasteiger partial charge in [-0.25, -0.2) is 4.79 Å². The van der Waals surface area contributed by atoms with E-state index in [0.717, 1.165) is 5.39 Å². The Morgan fingerprint density at radius 2 is 2.25 bits per heavy atom. The summed E-state index contributed by atoms with van der Waals surface area (Å²) in [5.41, 5.74) is 1.29. The van der Waals surface area contributed by atoms with Crippen LogP contribution in [0, 0.1) is 0 Å². The molecule has 0 aliphatic heterocycles. The maximum absolute atomic E-state index is 11.0. The number of fused-ring (bicyclic) bond motifs is 1. The van der Waals surface area contributed by atoms with Crippen LogP contribution < -0.4 is 4.74 Å². The molecule has 0 spiro atoms. The van der Waals surface area contributed by atoms with E-state index < -0.39 is 5.97 Å². The quantitative estimate of drug-likeness (QED) is 0.863. The number of carboxylic acids is 1. The predicted molar refractivity (Wildman–Crippen MR) is 59.1 cm³/mol. The maximum Gasteiger partial charge on any atom is 0.372 e. The van der Waals surface area contributed by atoms with Crippen molar-refractivity contribution in [2.45, 2.75) is 13.3 Å². The topological polar surface area (TPSA) is 59.7 Å². The fourth-order valence-electron chi connectivity index (χ4n) is 1.78. The van der Waals surface area contributed by atoms with Crippen molar-refractivity contribution in [3.63, 3.8) is 0 Å². The lowest BCUT2D eigenvalue weighted by Crippen LogP contribution is -1.97. The maximum atomic E-state index is 11.0. The van der Waals surface area contributed by atoms with Crippen molar-refractivity contribution in [2.75, 3.05) is 7.11 Å². The Bertz CT molecular complexity index is 539. The largest absolute Gasteiger partial charge is 0.497 e. The van der Waals surface area contributed by atoms with Crippen molar-refractivity contribution in [1.29, 1.82) is 0 Å². The summed E-state index contributed by atoms with van der Waals surface area (Å²) in [6.45, 7) is 1.90. The van der Waals surface area contributed by atoms with Gasteiger partial charge in [-0.2, -0.15) is 0 Å². The van der Waals surface area contributed by atoms with Gasteiger partial charge in [-0.15, -0.1) is 0 Å². The first-order chi connectivity index (χ1) is 7.67. The van der Waals surface area contributed by atoms with E-state index in [1.165, 1.54) is 0 Å². The summed E-state index contributed by atoms with van der Waals surface area (Å²) in [6.07, 6.45) is 0.613. The van der Waals surface area contributed by atoms with Crippen molar-refractivity contribution in [1.82, 2.24) is 0 Å². The standard InChI is InChI=1S/C12H12O4/c1-3-8-9-6-7(15-2)4-5-10(9)16-11(8)12(13)14/h4-6H,3H2,1-2H3,(H,13,14). The van der Waals surface area contributed by atoms with Crippen molar-refractivity contribution in [3.8, 4) is 5.75 Å². The molecular formula is C12H12O4. The smallest absolute Gasteiger partial charge is 0.372 e. The molecule has 4 heteroatoms. The van der Waals surface area contributed by atoms with Gasteiger partial charge in [-0.3, -0.25) is 0 Å². The molecule has 0 radical (unpaired) electrons. The number of methoxy groups -OCH3 is 1. The zero-order valence-electron chi connectivity index (χ0n) is 9.11. The lowest BCUT2D eigenvalue weighted by Gasteiger charge is -1.98. The summed E-state index contributed by atoms with van der Waals surface area (Å²) in [5, 5.41) is 9.80. The lowest BCUT2D eigenvalue weighted by molar-refractivity contribution is 0.0663. The van der Waals surface area contributed by atoms with E-state index in [-0.39, 0.29) is 5.76 Å². The number of carbonyl (C=O) groups is 1. The molecule has 0 saturated heterocycles. The number of hydrogen-bond donors (Lipinski definition) is 1. The zero-order chi connectivity index (χ0) is 11.7. The van der Waals surface area contributed by atoms with Crippen LogP contribution in [0.15, 0.2) is 22.6 Å². The summed E-state index contributed by atoms with van der Waals surface area (Å²) in [4.78, 5) is 11.0. The molecule has 16 heavy (non-hydrogen) atoms. The molecule has 0 amide bonds. The number of benzene rings is 1. The summed E-state index contributed by atoms with van der Waals surface area (Å²) in [5.74, 6) is -0.322. The Labute approximate surface area is 92.4 Å². The molecule has 1 heterocycles. The van der Waals surface area contributed by atoms with Gasteiger partial charge in [0.15, 0.2) is 0 Å². The van der Waals surface area contributed by atoms with Crippen LogP contribution in [0.5, 0.6) is 5.75 Å². The molecule has 0 unspecified atom stereocenters. The second-order valence-electron chi connectivity index (χ2n) is 3.43. The van der Waals surface area contributed by atoms with Crippen LogP contribution in [-0.2, 0) is 6.42 Å². The average molecular weight is 220 g/mol. The van der Waals surface area contributed by atoms with E-state index in [2.05, 4.69) is 0 Å². The third kappa shape index (κ3) is 1.52. The highest BCUT2D eigenvalue weighted by Crippen LogP contribution is 2.29. The Morgan fingerprint density at radius 3 is 2.81 bits per heavy atom. The van der Waals surface area contributed by atoms with E-state index in [1.807, 2.05) is 6.92 Å². The molecule has 0 fully saturated rings. The summed E-state index contributed by atoms with van der Waals surface area (Å²) < 4.78 is 10.4. The number of carboxylic acid groups (broad SMARTS) is 1. The zero-order valence-corrected chi connectivity index (χ0v) is 9.11. The van der Waals surface area contributed by atoms with Crippen LogP contribution in [-0.4, -0.2) is 18.2 Å². The van der Waals surface area contributed by atoms with Gasteiger partial charge in [-0.05, 0) is 24.6 Å². The minimum absolute atomic E-state index is 0.0192. The SMILES string of the molecule is CCc1c(C(=O)O)oc2ccc(OC)cc12. The van der Waals surface area contributed by atoms with Gasteiger partial charge >= 0.3 is 5.97 Å². The third-order valence-corrected chi connectivity index (χ3v) is 2.55. The second-order valence-corrected chi connectivity index (χ2v) is 3.43. The number of furan rings is 1. The number of aryl methyl sites for hydroxylation is 1. The molecule has 1 aromatic heterocycles. The van der Waals surface area contributed by atoms with Gasteiger partial charge in [0.1, 0.15) is 11.3 Å². The first-order valence-electron chi connectivity index (χ1n) is 5.00. The molecule has 2 rings (SSSR count). The number of ether oxygens (including phenoxy) is 1.